The maximum Gasteiger partial charge on any atom is 0.341 e. The second-order valence-electron chi connectivity index (χ2n) is 7.65. The number of nitrogens with one attached hydrogen (secondary N) is 1. The summed E-state index contributed by atoms with van der Waals surface area (Å²) in [6.07, 6.45) is 1.60. The van der Waals surface area contributed by atoms with Gasteiger partial charge in [-0.2, -0.15) is 0 Å². The molecule has 1 amide bonds. The number of carbonyl (C=O) groups excluding carboxylic acids is 2. The van der Waals surface area contributed by atoms with Crippen LogP contribution in [0, 0.1) is 0 Å². The number of aromatic amines is 1. The van der Waals surface area contributed by atoms with E-state index in [0.29, 0.717) is 34.9 Å². The van der Waals surface area contributed by atoms with Gasteiger partial charge in [0.1, 0.15) is 0 Å². The first kappa shape index (κ1) is 19.2. The third kappa shape index (κ3) is 3.22. The van der Waals surface area contributed by atoms with Gasteiger partial charge < -0.3 is 24.1 Å². The molecule has 2 aliphatic heterocycles. The summed E-state index contributed by atoms with van der Waals surface area (Å²) >= 11 is 0. The fourth-order valence-corrected chi connectivity index (χ4v) is 4.25. The lowest BCUT2D eigenvalue weighted by molar-refractivity contribution is -0.136. The van der Waals surface area contributed by atoms with Crippen molar-refractivity contribution in [1.82, 2.24) is 9.88 Å². The number of amides is 1. The molecule has 0 fully saturated rings. The zero-order valence-corrected chi connectivity index (χ0v) is 17.3. The molecule has 0 saturated heterocycles. The van der Waals surface area contributed by atoms with Crippen LogP contribution >= 0.6 is 0 Å². The van der Waals surface area contributed by atoms with Crippen LogP contribution < -0.4 is 9.47 Å². The first-order chi connectivity index (χ1) is 15.1. The topological polar surface area (TPSA) is 80.9 Å². The van der Waals surface area contributed by atoms with Gasteiger partial charge in [0.2, 0.25) is 6.79 Å². The molecule has 158 valence electrons. The molecule has 0 spiro atoms. The third-order valence-corrected chi connectivity index (χ3v) is 5.64. The van der Waals surface area contributed by atoms with Crippen molar-refractivity contribution >= 4 is 28.4 Å². The normalized spacial score (nSPS) is 17.2. The van der Waals surface area contributed by atoms with Crippen molar-refractivity contribution in [2.24, 2.45) is 0 Å². The van der Waals surface area contributed by atoms with Crippen molar-refractivity contribution < 1.29 is 23.8 Å². The molecular formula is C24H22N2O5. The maximum absolute atomic E-state index is 13.4. The molecule has 3 aromatic rings. The number of carbonyl (C=O) groups is 2. The van der Waals surface area contributed by atoms with Crippen LogP contribution in [0.25, 0.3) is 16.5 Å². The number of H-pyrrole nitrogens is 1. The summed E-state index contributed by atoms with van der Waals surface area (Å²) < 4.78 is 16.1. The van der Waals surface area contributed by atoms with E-state index in [0.717, 1.165) is 16.5 Å². The number of ether oxygens (including phenoxy) is 3. The summed E-state index contributed by atoms with van der Waals surface area (Å²) in [4.78, 5) is 31.2. The molecule has 1 atom stereocenters. The van der Waals surface area contributed by atoms with Crippen LogP contribution in [-0.2, 0) is 9.53 Å². The van der Waals surface area contributed by atoms with Crippen LogP contribution in [0.15, 0.2) is 48.7 Å². The number of para-hydroxylation sites is 1. The lowest BCUT2D eigenvalue weighted by Gasteiger charge is -2.21. The average molecular weight is 418 g/mol. The van der Waals surface area contributed by atoms with Crippen LogP contribution in [0.1, 0.15) is 41.4 Å². The number of benzene rings is 2. The maximum atomic E-state index is 13.4. The number of rotatable bonds is 3. The van der Waals surface area contributed by atoms with Crippen molar-refractivity contribution in [1.29, 1.82) is 0 Å². The molecule has 2 aromatic carbocycles. The summed E-state index contributed by atoms with van der Waals surface area (Å²) in [5.74, 6) is 0.464. The van der Waals surface area contributed by atoms with Gasteiger partial charge in [-0.05, 0) is 36.8 Å². The molecule has 2 aliphatic rings. The zero-order chi connectivity index (χ0) is 21.5. The number of hydrogen-bond acceptors (Lipinski definition) is 5. The van der Waals surface area contributed by atoms with Crippen LogP contribution in [-0.4, -0.2) is 41.7 Å². The fourth-order valence-electron chi connectivity index (χ4n) is 4.25. The fraction of sp³-hybridized carbons (Fsp3) is 0.250. The Kier molecular flexibility index (Phi) is 4.66. The minimum atomic E-state index is -0.465. The summed E-state index contributed by atoms with van der Waals surface area (Å²) in [6, 6.07) is 13.0. The Hall–Kier alpha value is -3.74. The van der Waals surface area contributed by atoms with E-state index in [1.165, 1.54) is 0 Å². The van der Waals surface area contributed by atoms with Gasteiger partial charge in [-0.15, -0.1) is 0 Å². The molecular weight excluding hydrogens is 396 g/mol. The monoisotopic (exact) mass is 418 g/mol. The minimum Gasteiger partial charge on any atom is -0.462 e. The van der Waals surface area contributed by atoms with Gasteiger partial charge in [0.05, 0.1) is 17.9 Å². The van der Waals surface area contributed by atoms with E-state index in [1.54, 1.807) is 36.2 Å². The van der Waals surface area contributed by atoms with Gasteiger partial charge >= 0.3 is 5.97 Å². The number of fused-ring (bicyclic) bond motifs is 4. The number of nitrogens with zero attached hydrogens (tertiary/aromatic N) is 1. The molecule has 0 saturated carbocycles. The number of esters is 1. The Morgan fingerprint density at radius 1 is 1.16 bits per heavy atom. The molecule has 0 aliphatic carbocycles. The Balaban J connectivity index is 1.60. The highest BCUT2D eigenvalue weighted by atomic mass is 16.7. The summed E-state index contributed by atoms with van der Waals surface area (Å²) in [5.41, 5.74) is 3.46. The second kappa shape index (κ2) is 7.50. The molecule has 0 bridgehead atoms. The van der Waals surface area contributed by atoms with E-state index in [4.69, 9.17) is 14.2 Å². The standard InChI is InChI=1S/C24H22N2O5/c1-3-29-24(28)17-12-26(23(27)15-8-9-19-20(10-15)31-13-30-19)11-14(2)21-16-6-4-5-7-18(16)25-22(17)21/h4-10,12,14,25H,3,11,13H2,1-2H3. The van der Waals surface area contributed by atoms with E-state index in [2.05, 4.69) is 11.9 Å². The molecule has 31 heavy (non-hydrogen) atoms. The molecule has 7 heteroatoms. The molecule has 5 rings (SSSR count). The Labute approximate surface area is 179 Å². The van der Waals surface area contributed by atoms with E-state index < -0.39 is 5.97 Å². The van der Waals surface area contributed by atoms with Crippen LogP contribution in [0.2, 0.25) is 0 Å². The van der Waals surface area contributed by atoms with Crippen molar-refractivity contribution in [2.45, 2.75) is 19.8 Å². The second-order valence-corrected chi connectivity index (χ2v) is 7.65. The highest BCUT2D eigenvalue weighted by molar-refractivity contribution is 6.18. The Bertz CT molecular complexity index is 1230. The quantitative estimate of drug-likeness (QED) is 0.649. The SMILES string of the molecule is CCOC(=O)C1=CN(C(=O)c2ccc3c(c2)OCO3)CC(C)c2c1[nH]c1ccccc21. The third-order valence-electron chi connectivity index (χ3n) is 5.64. The van der Waals surface area contributed by atoms with E-state index in [9.17, 15) is 9.59 Å². The Morgan fingerprint density at radius 2 is 1.97 bits per heavy atom. The highest BCUT2D eigenvalue weighted by Crippen LogP contribution is 2.38. The van der Waals surface area contributed by atoms with Gasteiger partial charge in [-0.1, -0.05) is 25.1 Å². The molecule has 0 radical (unpaired) electrons. The average Bonchev–Trinajstić information content (AvgIpc) is 3.36. The van der Waals surface area contributed by atoms with Gasteiger partial charge in [-0.25, -0.2) is 4.79 Å². The van der Waals surface area contributed by atoms with Crippen molar-refractivity contribution in [3.8, 4) is 11.5 Å². The van der Waals surface area contributed by atoms with Gasteiger partial charge in [0.15, 0.2) is 11.5 Å². The van der Waals surface area contributed by atoms with E-state index >= 15 is 0 Å². The smallest absolute Gasteiger partial charge is 0.341 e. The molecule has 1 N–H and O–H groups in total. The molecule has 7 nitrogen and oxygen atoms in total. The summed E-state index contributed by atoms with van der Waals surface area (Å²) in [6.45, 7) is 4.63. The number of aromatic nitrogens is 1. The summed E-state index contributed by atoms with van der Waals surface area (Å²) in [5, 5.41) is 1.04. The molecule has 1 unspecified atom stereocenters. The van der Waals surface area contributed by atoms with Crippen molar-refractivity contribution in [3.63, 3.8) is 0 Å². The van der Waals surface area contributed by atoms with Gasteiger partial charge in [-0.3, -0.25) is 4.79 Å². The van der Waals surface area contributed by atoms with Crippen molar-refractivity contribution in [3.05, 3.63) is 65.5 Å². The van der Waals surface area contributed by atoms with Crippen LogP contribution in [0.4, 0.5) is 0 Å². The predicted molar refractivity (Wildman–Crippen MR) is 115 cm³/mol. The van der Waals surface area contributed by atoms with Crippen LogP contribution in [0.3, 0.4) is 0 Å². The zero-order valence-electron chi connectivity index (χ0n) is 17.3. The van der Waals surface area contributed by atoms with Gasteiger partial charge in [0, 0.05) is 35.1 Å². The lowest BCUT2D eigenvalue weighted by atomic mass is 9.96. The van der Waals surface area contributed by atoms with Crippen molar-refractivity contribution in [2.75, 3.05) is 19.9 Å². The Morgan fingerprint density at radius 3 is 2.81 bits per heavy atom. The summed E-state index contributed by atoms with van der Waals surface area (Å²) in [7, 11) is 0. The largest absolute Gasteiger partial charge is 0.462 e. The highest BCUT2D eigenvalue weighted by Gasteiger charge is 2.31. The molecule has 1 aromatic heterocycles. The van der Waals surface area contributed by atoms with E-state index in [-0.39, 0.29) is 25.2 Å². The minimum absolute atomic E-state index is 0.00714. The lowest BCUT2D eigenvalue weighted by Crippen LogP contribution is -2.29. The van der Waals surface area contributed by atoms with Crippen LogP contribution in [0.5, 0.6) is 11.5 Å². The number of hydrogen-bond donors (Lipinski definition) is 1. The first-order valence-corrected chi connectivity index (χ1v) is 10.3. The van der Waals surface area contributed by atoms with E-state index in [1.807, 2.05) is 24.3 Å². The first-order valence-electron chi connectivity index (χ1n) is 10.3. The predicted octanol–water partition coefficient (Wildman–Crippen LogP) is 4.06. The van der Waals surface area contributed by atoms with Gasteiger partial charge in [0.25, 0.3) is 5.91 Å². The molecule has 3 heterocycles.